The minimum absolute atomic E-state index is 0.0951. The van der Waals surface area contributed by atoms with Crippen molar-refractivity contribution in [2.24, 2.45) is 0 Å². The number of ether oxygens (including phenoxy) is 1. The number of carbonyl (C=O) groups is 1. The van der Waals surface area contributed by atoms with Crippen molar-refractivity contribution in [1.29, 1.82) is 0 Å². The maximum atomic E-state index is 13.1. The van der Waals surface area contributed by atoms with E-state index in [2.05, 4.69) is 4.98 Å². The van der Waals surface area contributed by atoms with Crippen LogP contribution in [0.2, 0.25) is 0 Å². The summed E-state index contributed by atoms with van der Waals surface area (Å²) in [6.45, 7) is 5.56. The first-order chi connectivity index (χ1) is 13.3. The molecule has 2 aromatic rings. The Morgan fingerprint density at radius 2 is 2.00 bits per heavy atom. The zero-order valence-corrected chi connectivity index (χ0v) is 16.3. The second-order valence-corrected chi connectivity index (χ2v) is 8.21. The molecule has 1 N–H and O–H groups in total. The van der Waals surface area contributed by atoms with Gasteiger partial charge in [0.15, 0.2) is 0 Å². The first-order valence-corrected chi connectivity index (χ1v) is 10.5. The number of pyridine rings is 1. The van der Waals surface area contributed by atoms with Crippen molar-refractivity contribution >= 4 is 17.7 Å². The van der Waals surface area contributed by atoms with Gasteiger partial charge in [-0.1, -0.05) is 30.0 Å². The van der Waals surface area contributed by atoms with Crippen molar-refractivity contribution in [3.8, 4) is 0 Å². The van der Waals surface area contributed by atoms with Crippen molar-refractivity contribution in [3.05, 3.63) is 54.2 Å². The first-order valence-electron chi connectivity index (χ1n) is 9.72. The Morgan fingerprint density at radius 3 is 2.74 bits per heavy atom. The van der Waals surface area contributed by atoms with Crippen LogP contribution in [0.5, 0.6) is 0 Å². The molecule has 4 rings (SSSR count). The SMILES string of the molecule is O=C(c1cccnc1Sc1ccccc1)N1CC[NH+](C[C@H]2CCCO2)CC1. The molecule has 1 aromatic heterocycles. The van der Waals surface area contributed by atoms with Gasteiger partial charge in [-0.3, -0.25) is 4.79 Å². The summed E-state index contributed by atoms with van der Waals surface area (Å²) in [4.78, 5) is 22.2. The number of carbonyl (C=O) groups excluding carboxylic acids is 1. The fourth-order valence-electron chi connectivity index (χ4n) is 3.76. The van der Waals surface area contributed by atoms with Crippen LogP contribution in [0.25, 0.3) is 0 Å². The van der Waals surface area contributed by atoms with E-state index in [9.17, 15) is 4.79 Å². The van der Waals surface area contributed by atoms with Crippen LogP contribution in [0.3, 0.4) is 0 Å². The van der Waals surface area contributed by atoms with Crippen LogP contribution in [0.1, 0.15) is 23.2 Å². The van der Waals surface area contributed by atoms with Crippen LogP contribution in [-0.4, -0.2) is 61.2 Å². The van der Waals surface area contributed by atoms with Crippen LogP contribution < -0.4 is 4.90 Å². The summed E-state index contributed by atoms with van der Waals surface area (Å²) in [5, 5.41) is 0.780. The average Bonchev–Trinajstić information content (AvgIpc) is 3.22. The minimum atomic E-state index is 0.0951. The molecule has 5 nitrogen and oxygen atoms in total. The van der Waals surface area contributed by atoms with Crippen molar-refractivity contribution in [2.45, 2.75) is 28.9 Å². The van der Waals surface area contributed by atoms with Gasteiger partial charge in [-0.25, -0.2) is 4.98 Å². The fraction of sp³-hybridized carbons (Fsp3) is 0.429. The normalized spacial score (nSPS) is 20.7. The molecule has 2 aliphatic heterocycles. The third-order valence-corrected chi connectivity index (χ3v) is 6.28. The maximum absolute atomic E-state index is 13.1. The number of benzene rings is 1. The quantitative estimate of drug-likeness (QED) is 0.853. The average molecular weight is 385 g/mol. The summed E-state index contributed by atoms with van der Waals surface area (Å²) >= 11 is 1.55. The van der Waals surface area contributed by atoms with Gasteiger partial charge in [0, 0.05) is 17.7 Å². The van der Waals surface area contributed by atoms with Gasteiger partial charge in [0.25, 0.3) is 5.91 Å². The largest absolute Gasteiger partial charge is 0.372 e. The Labute approximate surface area is 164 Å². The highest BCUT2D eigenvalue weighted by Gasteiger charge is 2.29. The molecule has 2 fully saturated rings. The number of hydrogen-bond donors (Lipinski definition) is 1. The van der Waals surface area contributed by atoms with Gasteiger partial charge in [-0.05, 0) is 37.1 Å². The molecule has 1 amide bonds. The molecule has 0 bridgehead atoms. The van der Waals surface area contributed by atoms with E-state index in [1.165, 1.54) is 12.8 Å². The van der Waals surface area contributed by atoms with E-state index < -0.39 is 0 Å². The lowest BCUT2D eigenvalue weighted by atomic mass is 10.2. The van der Waals surface area contributed by atoms with E-state index in [4.69, 9.17) is 4.74 Å². The lowest BCUT2D eigenvalue weighted by Crippen LogP contribution is -3.15. The molecule has 2 saturated heterocycles. The summed E-state index contributed by atoms with van der Waals surface area (Å²) in [5.74, 6) is 0.0951. The fourth-order valence-corrected chi connectivity index (χ4v) is 4.66. The first kappa shape index (κ1) is 18.5. The van der Waals surface area contributed by atoms with Crippen molar-refractivity contribution < 1.29 is 14.4 Å². The molecule has 0 radical (unpaired) electrons. The molecular weight excluding hydrogens is 358 g/mol. The molecule has 1 aromatic carbocycles. The molecule has 1 atom stereocenters. The van der Waals surface area contributed by atoms with Crippen molar-refractivity contribution in [1.82, 2.24) is 9.88 Å². The van der Waals surface area contributed by atoms with Gasteiger partial charge in [-0.15, -0.1) is 0 Å². The smallest absolute Gasteiger partial charge is 0.257 e. The summed E-state index contributed by atoms with van der Waals surface area (Å²) in [7, 11) is 0. The van der Waals surface area contributed by atoms with Gasteiger partial charge in [0.1, 0.15) is 17.7 Å². The maximum Gasteiger partial charge on any atom is 0.257 e. The van der Waals surface area contributed by atoms with E-state index in [0.717, 1.165) is 49.3 Å². The van der Waals surface area contributed by atoms with E-state index in [1.807, 2.05) is 47.4 Å². The van der Waals surface area contributed by atoms with Crippen LogP contribution in [0.4, 0.5) is 0 Å². The summed E-state index contributed by atoms with van der Waals surface area (Å²) in [5.41, 5.74) is 0.703. The third kappa shape index (κ3) is 4.69. The van der Waals surface area contributed by atoms with E-state index in [0.29, 0.717) is 11.7 Å². The Morgan fingerprint density at radius 1 is 1.19 bits per heavy atom. The highest BCUT2D eigenvalue weighted by atomic mass is 32.2. The predicted octanol–water partition coefficient (Wildman–Crippen LogP) is 1.75. The number of rotatable bonds is 5. The number of piperazine rings is 1. The molecule has 3 heterocycles. The number of amides is 1. The Hall–Kier alpha value is -1.89. The topological polar surface area (TPSA) is 46.9 Å². The van der Waals surface area contributed by atoms with Crippen molar-refractivity contribution in [2.75, 3.05) is 39.3 Å². The Balaban J connectivity index is 1.38. The van der Waals surface area contributed by atoms with Crippen LogP contribution in [0.15, 0.2) is 58.6 Å². The minimum Gasteiger partial charge on any atom is -0.372 e. The van der Waals surface area contributed by atoms with E-state index >= 15 is 0 Å². The second kappa shape index (κ2) is 8.87. The Bertz CT molecular complexity index is 757. The lowest BCUT2D eigenvalue weighted by molar-refractivity contribution is -0.906. The van der Waals surface area contributed by atoms with Gasteiger partial charge < -0.3 is 14.5 Å². The number of quaternary nitrogens is 1. The molecule has 142 valence electrons. The summed E-state index contributed by atoms with van der Waals surface area (Å²) < 4.78 is 5.76. The van der Waals surface area contributed by atoms with Crippen LogP contribution >= 0.6 is 11.8 Å². The molecule has 6 heteroatoms. The third-order valence-electron chi connectivity index (χ3n) is 5.26. The van der Waals surface area contributed by atoms with Gasteiger partial charge >= 0.3 is 0 Å². The predicted molar refractivity (Wildman–Crippen MR) is 105 cm³/mol. The van der Waals surface area contributed by atoms with Gasteiger partial charge in [0.05, 0.1) is 31.7 Å². The van der Waals surface area contributed by atoms with E-state index in [1.54, 1.807) is 22.9 Å². The zero-order valence-electron chi connectivity index (χ0n) is 15.5. The number of hydrogen-bond acceptors (Lipinski definition) is 4. The summed E-state index contributed by atoms with van der Waals surface area (Å²) in [6, 6.07) is 13.8. The van der Waals surface area contributed by atoms with Gasteiger partial charge in [-0.2, -0.15) is 0 Å². The molecule has 0 saturated carbocycles. The molecule has 0 spiro atoms. The van der Waals surface area contributed by atoms with Gasteiger partial charge in [0.2, 0.25) is 0 Å². The lowest BCUT2D eigenvalue weighted by Gasteiger charge is -2.33. The molecular formula is C21H26N3O2S+. The highest BCUT2D eigenvalue weighted by molar-refractivity contribution is 7.99. The molecule has 0 aliphatic carbocycles. The zero-order chi connectivity index (χ0) is 18.5. The van der Waals surface area contributed by atoms with Crippen LogP contribution in [-0.2, 0) is 4.74 Å². The van der Waals surface area contributed by atoms with Crippen LogP contribution in [0, 0.1) is 0 Å². The molecule has 0 unspecified atom stereocenters. The monoisotopic (exact) mass is 384 g/mol. The number of nitrogens with zero attached hydrogens (tertiary/aromatic N) is 2. The number of aromatic nitrogens is 1. The number of nitrogens with one attached hydrogen (secondary N) is 1. The Kier molecular flexibility index (Phi) is 6.07. The second-order valence-electron chi connectivity index (χ2n) is 7.15. The standard InChI is InChI=1S/C21H25N3O2S/c25-21(24-13-11-23(12-14-24)16-17-6-5-15-26-17)19-9-4-10-22-20(19)27-18-7-2-1-3-8-18/h1-4,7-10,17H,5-6,11-16H2/p+1/t17-/m1/s1. The van der Waals surface area contributed by atoms with Crippen molar-refractivity contribution in [3.63, 3.8) is 0 Å². The highest BCUT2D eigenvalue weighted by Crippen LogP contribution is 2.29. The van der Waals surface area contributed by atoms with E-state index in [-0.39, 0.29) is 5.91 Å². The molecule has 2 aliphatic rings. The summed E-state index contributed by atoms with van der Waals surface area (Å²) in [6.07, 6.45) is 4.54. The molecule has 27 heavy (non-hydrogen) atoms.